The highest BCUT2D eigenvalue weighted by Crippen LogP contribution is 2.25. The van der Waals surface area contributed by atoms with Crippen LogP contribution in [0, 0.1) is 12.8 Å². The van der Waals surface area contributed by atoms with Crippen LogP contribution in [-0.4, -0.2) is 17.7 Å². The van der Waals surface area contributed by atoms with Gasteiger partial charge in [-0.3, -0.25) is 4.79 Å². The number of rotatable bonds is 4. The molecule has 0 spiro atoms. The van der Waals surface area contributed by atoms with E-state index in [1.807, 2.05) is 12.1 Å². The largest absolute Gasteiger partial charge is 0.353 e. The molecule has 1 aliphatic carbocycles. The fourth-order valence-corrected chi connectivity index (χ4v) is 3.31. The summed E-state index contributed by atoms with van der Waals surface area (Å²) in [4.78, 5) is 13.1. The maximum atomic E-state index is 11.9. The average Bonchev–Trinajstić information content (AvgIpc) is 2.74. The Morgan fingerprint density at radius 2 is 2.17 bits per heavy atom. The van der Waals surface area contributed by atoms with Crippen molar-refractivity contribution in [3.05, 3.63) is 29.8 Å². The van der Waals surface area contributed by atoms with Gasteiger partial charge in [0.25, 0.3) is 0 Å². The number of thioether (sulfide) groups is 1. The molecule has 1 aliphatic rings. The summed E-state index contributed by atoms with van der Waals surface area (Å²) in [5.74, 6) is 1.46. The van der Waals surface area contributed by atoms with E-state index in [9.17, 15) is 4.79 Å². The van der Waals surface area contributed by atoms with Gasteiger partial charge in [0.2, 0.25) is 5.91 Å². The second-order valence-corrected chi connectivity index (χ2v) is 6.25. The van der Waals surface area contributed by atoms with E-state index in [-0.39, 0.29) is 5.91 Å². The number of benzene rings is 1. The SMILES string of the molecule is Cc1ccccc1SCC(=O)NC1CCC(C)C1. The molecule has 0 saturated heterocycles. The molecule has 0 bridgehead atoms. The highest BCUT2D eigenvalue weighted by Gasteiger charge is 2.22. The highest BCUT2D eigenvalue weighted by molar-refractivity contribution is 8.00. The first-order valence-corrected chi connectivity index (χ1v) is 7.61. The third-order valence-electron chi connectivity index (χ3n) is 3.51. The van der Waals surface area contributed by atoms with Gasteiger partial charge < -0.3 is 5.32 Å². The average molecular weight is 263 g/mol. The first kappa shape index (κ1) is 13.5. The van der Waals surface area contributed by atoms with E-state index in [1.54, 1.807) is 11.8 Å². The molecule has 1 N–H and O–H groups in total. The summed E-state index contributed by atoms with van der Waals surface area (Å²) < 4.78 is 0. The van der Waals surface area contributed by atoms with Gasteiger partial charge in [-0.15, -0.1) is 11.8 Å². The van der Waals surface area contributed by atoms with Gasteiger partial charge in [-0.25, -0.2) is 0 Å². The third-order valence-corrected chi connectivity index (χ3v) is 4.69. The predicted molar refractivity (Wildman–Crippen MR) is 76.8 cm³/mol. The number of hydrogen-bond donors (Lipinski definition) is 1. The molecule has 2 unspecified atom stereocenters. The lowest BCUT2D eigenvalue weighted by molar-refractivity contribution is -0.119. The second kappa shape index (κ2) is 6.28. The van der Waals surface area contributed by atoms with Crippen LogP contribution in [0.2, 0.25) is 0 Å². The lowest BCUT2D eigenvalue weighted by atomic mass is 10.1. The van der Waals surface area contributed by atoms with Gasteiger partial charge >= 0.3 is 0 Å². The van der Waals surface area contributed by atoms with Crippen molar-refractivity contribution in [2.45, 2.75) is 44.0 Å². The Hall–Kier alpha value is -0.960. The van der Waals surface area contributed by atoms with Crippen LogP contribution in [0.1, 0.15) is 31.7 Å². The molecule has 1 aromatic rings. The lowest BCUT2D eigenvalue weighted by Gasteiger charge is -2.12. The summed E-state index contributed by atoms with van der Waals surface area (Å²) in [6, 6.07) is 8.61. The summed E-state index contributed by atoms with van der Waals surface area (Å²) >= 11 is 1.63. The number of carbonyl (C=O) groups excluding carboxylic acids is 1. The van der Waals surface area contributed by atoms with E-state index in [0.717, 1.165) is 18.8 Å². The van der Waals surface area contributed by atoms with Gasteiger partial charge in [-0.05, 0) is 43.7 Å². The van der Waals surface area contributed by atoms with Crippen LogP contribution in [0.4, 0.5) is 0 Å². The molecule has 2 atom stereocenters. The highest BCUT2D eigenvalue weighted by atomic mass is 32.2. The number of hydrogen-bond acceptors (Lipinski definition) is 2. The van der Waals surface area contributed by atoms with Gasteiger partial charge in [-0.1, -0.05) is 25.1 Å². The molecular weight excluding hydrogens is 242 g/mol. The third kappa shape index (κ3) is 3.77. The Balaban J connectivity index is 1.77. The van der Waals surface area contributed by atoms with Crippen molar-refractivity contribution >= 4 is 17.7 Å². The monoisotopic (exact) mass is 263 g/mol. The summed E-state index contributed by atoms with van der Waals surface area (Å²) in [5, 5.41) is 3.14. The fourth-order valence-electron chi connectivity index (χ4n) is 2.47. The molecule has 2 nitrogen and oxygen atoms in total. The molecule has 1 fully saturated rings. The van der Waals surface area contributed by atoms with Crippen LogP contribution < -0.4 is 5.32 Å². The molecule has 0 aromatic heterocycles. The molecular formula is C15H21NOS. The van der Waals surface area contributed by atoms with Crippen LogP contribution in [0.3, 0.4) is 0 Å². The van der Waals surface area contributed by atoms with Gasteiger partial charge in [0, 0.05) is 10.9 Å². The molecule has 1 aromatic carbocycles. The van der Waals surface area contributed by atoms with E-state index in [2.05, 4.69) is 31.3 Å². The predicted octanol–water partition coefficient (Wildman–Crippen LogP) is 3.39. The zero-order chi connectivity index (χ0) is 13.0. The second-order valence-electron chi connectivity index (χ2n) is 5.24. The molecule has 2 rings (SSSR count). The number of carbonyl (C=O) groups is 1. The van der Waals surface area contributed by atoms with E-state index in [0.29, 0.717) is 11.8 Å². The topological polar surface area (TPSA) is 29.1 Å². The summed E-state index contributed by atoms with van der Waals surface area (Å²) in [6.07, 6.45) is 3.53. The van der Waals surface area contributed by atoms with E-state index < -0.39 is 0 Å². The minimum Gasteiger partial charge on any atom is -0.353 e. The van der Waals surface area contributed by atoms with Crippen LogP contribution in [0.5, 0.6) is 0 Å². The summed E-state index contributed by atoms with van der Waals surface area (Å²) in [5.41, 5.74) is 1.24. The van der Waals surface area contributed by atoms with Gasteiger partial charge in [-0.2, -0.15) is 0 Å². The van der Waals surface area contributed by atoms with E-state index in [1.165, 1.54) is 16.9 Å². The standard InChI is InChI=1S/C15H21NOS/c1-11-7-8-13(9-11)16-15(17)10-18-14-6-4-3-5-12(14)2/h3-6,11,13H,7-10H2,1-2H3,(H,16,17). The first-order chi connectivity index (χ1) is 8.65. The van der Waals surface area contributed by atoms with Gasteiger partial charge in [0.1, 0.15) is 0 Å². The van der Waals surface area contributed by atoms with Crippen molar-refractivity contribution < 1.29 is 4.79 Å². The van der Waals surface area contributed by atoms with Gasteiger partial charge in [0.05, 0.1) is 5.75 Å². The number of aryl methyl sites for hydroxylation is 1. The number of amides is 1. The van der Waals surface area contributed by atoms with Crippen molar-refractivity contribution in [2.75, 3.05) is 5.75 Å². The molecule has 0 radical (unpaired) electrons. The molecule has 3 heteroatoms. The van der Waals surface area contributed by atoms with Crippen molar-refractivity contribution in [1.29, 1.82) is 0 Å². The maximum Gasteiger partial charge on any atom is 0.230 e. The van der Waals surface area contributed by atoms with Crippen LogP contribution in [0.25, 0.3) is 0 Å². The molecule has 1 saturated carbocycles. The minimum atomic E-state index is 0.169. The lowest BCUT2D eigenvalue weighted by Crippen LogP contribution is -2.34. The molecule has 98 valence electrons. The zero-order valence-electron chi connectivity index (χ0n) is 11.1. The molecule has 1 amide bonds. The van der Waals surface area contributed by atoms with Crippen molar-refractivity contribution in [3.8, 4) is 0 Å². The van der Waals surface area contributed by atoms with Crippen LogP contribution in [0.15, 0.2) is 29.2 Å². The number of nitrogens with one attached hydrogen (secondary N) is 1. The van der Waals surface area contributed by atoms with Crippen LogP contribution >= 0.6 is 11.8 Å². The summed E-state index contributed by atoms with van der Waals surface area (Å²) in [6.45, 7) is 4.34. The Morgan fingerprint density at radius 3 is 2.83 bits per heavy atom. The van der Waals surface area contributed by atoms with E-state index >= 15 is 0 Å². The first-order valence-electron chi connectivity index (χ1n) is 6.63. The Bertz CT molecular complexity index is 419. The molecule has 18 heavy (non-hydrogen) atoms. The van der Waals surface area contributed by atoms with Crippen molar-refractivity contribution in [2.24, 2.45) is 5.92 Å². The minimum absolute atomic E-state index is 0.169. The Kier molecular flexibility index (Phi) is 4.70. The summed E-state index contributed by atoms with van der Waals surface area (Å²) in [7, 11) is 0. The van der Waals surface area contributed by atoms with E-state index in [4.69, 9.17) is 0 Å². The zero-order valence-corrected chi connectivity index (χ0v) is 11.9. The van der Waals surface area contributed by atoms with Crippen molar-refractivity contribution in [1.82, 2.24) is 5.32 Å². The van der Waals surface area contributed by atoms with Crippen LogP contribution in [-0.2, 0) is 4.79 Å². The fraction of sp³-hybridized carbons (Fsp3) is 0.533. The van der Waals surface area contributed by atoms with Gasteiger partial charge in [0.15, 0.2) is 0 Å². The quantitative estimate of drug-likeness (QED) is 0.844. The normalized spacial score (nSPS) is 23.0. The Labute approximate surface area is 114 Å². The smallest absolute Gasteiger partial charge is 0.230 e. The molecule has 0 heterocycles. The maximum absolute atomic E-state index is 11.9. The Morgan fingerprint density at radius 1 is 1.39 bits per heavy atom. The van der Waals surface area contributed by atoms with Crippen molar-refractivity contribution in [3.63, 3.8) is 0 Å². The molecule has 0 aliphatic heterocycles.